The first-order chi connectivity index (χ1) is 11.8. The molecule has 1 aromatic heterocycles. The molecule has 0 radical (unpaired) electrons. The highest BCUT2D eigenvalue weighted by Gasteiger charge is 2.32. The van der Waals surface area contributed by atoms with Gasteiger partial charge in [-0.3, -0.25) is 4.90 Å². The number of aromatic nitrogens is 2. The molecular formula is C18H20N4O2. The molecule has 6 heteroatoms. The number of methoxy groups -OCH3 is 1. The Labute approximate surface area is 141 Å². The van der Waals surface area contributed by atoms with Crippen molar-refractivity contribution in [3.05, 3.63) is 41.0 Å². The maximum Gasteiger partial charge on any atom is 0.231 e. The van der Waals surface area contributed by atoms with Crippen molar-refractivity contribution < 1.29 is 9.26 Å². The summed E-state index contributed by atoms with van der Waals surface area (Å²) in [5.41, 5.74) is 1.70. The van der Waals surface area contributed by atoms with Gasteiger partial charge in [0.1, 0.15) is 11.8 Å². The second-order valence-corrected chi connectivity index (χ2v) is 6.63. The number of hydrogen-bond acceptors (Lipinski definition) is 6. The van der Waals surface area contributed by atoms with Crippen molar-refractivity contribution in [2.24, 2.45) is 0 Å². The van der Waals surface area contributed by atoms with E-state index in [1.165, 1.54) is 12.8 Å². The van der Waals surface area contributed by atoms with Gasteiger partial charge in [-0.2, -0.15) is 10.2 Å². The molecule has 1 atom stereocenters. The van der Waals surface area contributed by atoms with Gasteiger partial charge in [-0.1, -0.05) is 11.2 Å². The molecule has 0 spiro atoms. The van der Waals surface area contributed by atoms with Crippen molar-refractivity contribution in [2.45, 2.75) is 37.6 Å². The molecule has 6 nitrogen and oxygen atoms in total. The predicted molar refractivity (Wildman–Crippen MR) is 86.6 cm³/mol. The summed E-state index contributed by atoms with van der Waals surface area (Å²) in [7, 11) is 1.58. The maximum absolute atomic E-state index is 9.21. The van der Waals surface area contributed by atoms with E-state index in [9.17, 15) is 5.26 Å². The van der Waals surface area contributed by atoms with Crippen LogP contribution in [-0.2, 0) is 6.54 Å². The maximum atomic E-state index is 9.21. The Kier molecular flexibility index (Phi) is 3.95. The Morgan fingerprint density at radius 1 is 1.33 bits per heavy atom. The molecule has 1 saturated carbocycles. The van der Waals surface area contributed by atoms with Gasteiger partial charge in [-0.05, 0) is 43.5 Å². The number of ether oxygens (including phenoxy) is 1. The smallest absolute Gasteiger partial charge is 0.231 e. The van der Waals surface area contributed by atoms with Gasteiger partial charge in [-0.25, -0.2) is 0 Å². The van der Waals surface area contributed by atoms with Crippen LogP contribution in [-0.4, -0.2) is 35.2 Å². The van der Waals surface area contributed by atoms with Crippen molar-refractivity contribution in [2.75, 3.05) is 20.2 Å². The van der Waals surface area contributed by atoms with Gasteiger partial charge in [0, 0.05) is 19.0 Å². The van der Waals surface area contributed by atoms with Crippen LogP contribution in [0.4, 0.5) is 0 Å². The average Bonchev–Trinajstić information content (AvgIpc) is 3.16. The molecule has 24 heavy (non-hydrogen) atoms. The molecule has 2 aliphatic rings. The summed E-state index contributed by atoms with van der Waals surface area (Å²) in [6.45, 7) is 2.73. The van der Waals surface area contributed by atoms with E-state index in [2.05, 4.69) is 21.1 Å². The van der Waals surface area contributed by atoms with E-state index in [1.807, 2.05) is 18.2 Å². The lowest BCUT2D eigenvalue weighted by molar-refractivity contribution is 0.308. The Hall–Kier alpha value is -2.39. The lowest BCUT2D eigenvalue weighted by atomic mass is 10.1. The highest BCUT2D eigenvalue weighted by atomic mass is 16.5. The van der Waals surface area contributed by atoms with Crippen molar-refractivity contribution in [1.29, 1.82) is 5.26 Å². The SMILES string of the molecule is COc1ccc(CN2CCC(c3nc(C4CC4)no3)C2)cc1C#N. The van der Waals surface area contributed by atoms with E-state index in [-0.39, 0.29) is 0 Å². The van der Waals surface area contributed by atoms with Crippen LogP contribution >= 0.6 is 0 Å². The lowest BCUT2D eigenvalue weighted by Crippen LogP contribution is -2.19. The van der Waals surface area contributed by atoms with Crippen LogP contribution in [0.3, 0.4) is 0 Å². The summed E-state index contributed by atoms with van der Waals surface area (Å²) < 4.78 is 10.7. The fourth-order valence-electron chi connectivity index (χ4n) is 3.30. The quantitative estimate of drug-likeness (QED) is 0.842. The predicted octanol–water partition coefficient (Wildman–Crippen LogP) is 2.82. The Morgan fingerprint density at radius 2 is 2.21 bits per heavy atom. The molecule has 1 saturated heterocycles. The van der Waals surface area contributed by atoms with E-state index >= 15 is 0 Å². The minimum absolute atomic E-state index is 0.318. The number of likely N-dealkylation sites (tertiary alicyclic amines) is 1. The van der Waals surface area contributed by atoms with Gasteiger partial charge in [-0.15, -0.1) is 0 Å². The average molecular weight is 324 g/mol. The van der Waals surface area contributed by atoms with Gasteiger partial charge in [0.05, 0.1) is 18.6 Å². The van der Waals surface area contributed by atoms with Crippen LogP contribution in [0, 0.1) is 11.3 Å². The molecule has 0 amide bonds. The third-order valence-electron chi connectivity index (χ3n) is 4.81. The summed E-state index contributed by atoms with van der Waals surface area (Å²) in [5.74, 6) is 3.14. The zero-order chi connectivity index (χ0) is 16.5. The van der Waals surface area contributed by atoms with Gasteiger partial charge in [0.25, 0.3) is 0 Å². The topological polar surface area (TPSA) is 75.2 Å². The second-order valence-electron chi connectivity index (χ2n) is 6.63. The van der Waals surface area contributed by atoms with Crippen molar-refractivity contribution in [3.8, 4) is 11.8 Å². The van der Waals surface area contributed by atoms with Crippen LogP contribution in [0.1, 0.15) is 53.9 Å². The van der Waals surface area contributed by atoms with Crippen LogP contribution in [0.15, 0.2) is 22.7 Å². The second kappa shape index (κ2) is 6.25. The zero-order valence-electron chi connectivity index (χ0n) is 13.7. The molecule has 2 fully saturated rings. The normalized spacial score (nSPS) is 20.9. The van der Waals surface area contributed by atoms with Crippen molar-refractivity contribution >= 4 is 0 Å². The Balaban J connectivity index is 1.40. The molecule has 0 bridgehead atoms. The number of rotatable bonds is 5. The van der Waals surface area contributed by atoms with Crippen molar-refractivity contribution in [1.82, 2.24) is 15.0 Å². The summed E-state index contributed by atoms with van der Waals surface area (Å²) >= 11 is 0. The molecule has 1 aliphatic carbocycles. The first-order valence-electron chi connectivity index (χ1n) is 8.39. The summed E-state index contributed by atoms with van der Waals surface area (Å²) in [5, 5.41) is 13.3. The molecule has 124 valence electrons. The number of nitrogens with zero attached hydrogens (tertiary/aromatic N) is 4. The van der Waals surface area contributed by atoms with E-state index in [0.29, 0.717) is 23.1 Å². The van der Waals surface area contributed by atoms with Crippen LogP contribution in [0.5, 0.6) is 5.75 Å². The summed E-state index contributed by atoms with van der Waals surface area (Å²) in [6.07, 6.45) is 3.41. The monoisotopic (exact) mass is 324 g/mol. The first-order valence-corrected chi connectivity index (χ1v) is 8.39. The molecule has 1 unspecified atom stereocenters. The fourth-order valence-corrected chi connectivity index (χ4v) is 3.30. The standard InChI is InChI=1S/C18H20N4O2/c1-23-16-5-2-12(8-15(16)9-19)10-22-7-6-14(11-22)18-20-17(21-24-18)13-3-4-13/h2,5,8,13-14H,3-4,6-7,10-11H2,1H3. The van der Waals surface area contributed by atoms with Gasteiger partial charge in [0.15, 0.2) is 5.82 Å². The van der Waals surface area contributed by atoms with Gasteiger partial charge < -0.3 is 9.26 Å². The van der Waals surface area contributed by atoms with E-state index in [0.717, 1.165) is 43.3 Å². The molecule has 1 aromatic carbocycles. The van der Waals surface area contributed by atoms with Gasteiger partial charge >= 0.3 is 0 Å². The largest absolute Gasteiger partial charge is 0.495 e. The number of benzene rings is 1. The zero-order valence-corrected chi connectivity index (χ0v) is 13.7. The van der Waals surface area contributed by atoms with Crippen molar-refractivity contribution in [3.63, 3.8) is 0 Å². The first kappa shape index (κ1) is 15.2. The summed E-state index contributed by atoms with van der Waals surface area (Å²) in [6, 6.07) is 7.98. The minimum atomic E-state index is 0.318. The Morgan fingerprint density at radius 3 is 2.96 bits per heavy atom. The molecule has 2 heterocycles. The van der Waals surface area contributed by atoms with Crippen LogP contribution in [0.25, 0.3) is 0 Å². The molecule has 2 aromatic rings. The van der Waals surface area contributed by atoms with Crippen LogP contribution < -0.4 is 4.74 Å². The highest BCUT2D eigenvalue weighted by molar-refractivity contribution is 5.45. The van der Waals surface area contributed by atoms with E-state index < -0.39 is 0 Å². The third kappa shape index (κ3) is 3.00. The summed E-state index contributed by atoms with van der Waals surface area (Å²) in [4.78, 5) is 6.95. The molecule has 1 aliphatic heterocycles. The third-order valence-corrected chi connectivity index (χ3v) is 4.81. The van der Waals surface area contributed by atoms with Crippen LogP contribution in [0.2, 0.25) is 0 Å². The molecule has 4 rings (SSSR count). The van der Waals surface area contributed by atoms with E-state index in [1.54, 1.807) is 7.11 Å². The Bertz CT molecular complexity index is 776. The minimum Gasteiger partial charge on any atom is -0.495 e. The van der Waals surface area contributed by atoms with E-state index in [4.69, 9.17) is 9.26 Å². The number of hydrogen-bond donors (Lipinski definition) is 0. The molecule has 0 N–H and O–H groups in total. The molecular weight excluding hydrogens is 304 g/mol. The highest BCUT2D eigenvalue weighted by Crippen LogP contribution is 2.39. The lowest BCUT2D eigenvalue weighted by Gasteiger charge is -2.16. The number of nitriles is 1. The fraction of sp³-hybridized carbons (Fsp3) is 0.500. The van der Waals surface area contributed by atoms with Gasteiger partial charge in [0.2, 0.25) is 5.89 Å².